The summed E-state index contributed by atoms with van der Waals surface area (Å²) in [6, 6.07) is 12.9. The Morgan fingerprint density at radius 2 is 2.04 bits per heavy atom. The number of likely N-dealkylation sites (N-methyl/N-ethyl adjacent to an activating group) is 1. The first-order valence-electron chi connectivity index (χ1n) is 9.53. The fourth-order valence-corrected chi connectivity index (χ4v) is 4.38. The molecule has 1 heterocycles. The number of nitro benzene ring substituents is 1. The quantitative estimate of drug-likeness (QED) is 0.556. The highest BCUT2D eigenvalue weighted by Gasteiger charge is 2.24. The van der Waals surface area contributed by atoms with E-state index in [1.165, 1.54) is 17.8 Å². The minimum atomic E-state index is -0.427. The molecule has 1 saturated heterocycles. The third-order valence-corrected chi connectivity index (χ3v) is 6.14. The molecule has 148 valence electrons. The van der Waals surface area contributed by atoms with Gasteiger partial charge in [-0.2, -0.15) is 0 Å². The summed E-state index contributed by atoms with van der Waals surface area (Å²) in [5.41, 5.74) is 1.41. The van der Waals surface area contributed by atoms with Gasteiger partial charge in [0.1, 0.15) is 0 Å². The van der Waals surface area contributed by atoms with Gasteiger partial charge >= 0.3 is 0 Å². The van der Waals surface area contributed by atoms with Crippen molar-refractivity contribution in [3.05, 3.63) is 63.7 Å². The van der Waals surface area contributed by atoms with Gasteiger partial charge in [-0.3, -0.25) is 19.8 Å². The molecule has 0 aliphatic carbocycles. The Kier molecular flexibility index (Phi) is 6.70. The molecule has 2 aromatic rings. The van der Waals surface area contributed by atoms with E-state index in [2.05, 4.69) is 17.1 Å². The Hall–Kier alpha value is -2.38. The lowest BCUT2D eigenvalue weighted by atomic mass is 10.1. The summed E-state index contributed by atoms with van der Waals surface area (Å²) in [4.78, 5) is 27.4. The smallest absolute Gasteiger partial charge is 0.284 e. The number of carbonyl (C=O) groups excluding carboxylic acids is 1. The lowest BCUT2D eigenvalue weighted by molar-refractivity contribution is -0.387. The molecular formula is C21H25N3O3S. The van der Waals surface area contributed by atoms with E-state index in [-0.39, 0.29) is 11.6 Å². The minimum absolute atomic E-state index is 0.0470. The molecule has 0 bridgehead atoms. The Morgan fingerprint density at radius 3 is 2.71 bits per heavy atom. The van der Waals surface area contributed by atoms with Crippen molar-refractivity contribution in [2.75, 3.05) is 19.6 Å². The monoisotopic (exact) mass is 399 g/mol. The van der Waals surface area contributed by atoms with Crippen molar-refractivity contribution in [3.63, 3.8) is 0 Å². The van der Waals surface area contributed by atoms with Crippen LogP contribution in [-0.4, -0.2) is 41.4 Å². The summed E-state index contributed by atoms with van der Waals surface area (Å²) >= 11 is 1.33. The van der Waals surface area contributed by atoms with Crippen molar-refractivity contribution in [3.8, 4) is 0 Å². The summed E-state index contributed by atoms with van der Waals surface area (Å²) in [5.74, 6) is -0.266. The molecule has 0 radical (unpaired) electrons. The second kappa shape index (κ2) is 9.21. The van der Waals surface area contributed by atoms with E-state index in [0.29, 0.717) is 23.0 Å². The maximum atomic E-state index is 12.5. The number of rotatable bonds is 7. The molecule has 1 aliphatic rings. The third kappa shape index (κ3) is 4.91. The van der Waals surface area contributed by atoms with Gasteiger partial charge in [0.25, 0.3) is 11.6 Å². The fraction of sp³-hybridized carbons (Fsp3) is 0.381. The number of nitrogens with zero attached hydrogens (tertiary/aromatic N) is 2. The number of carbonyl (C=O) groups is 1. The standard InChI is InChI=1S/C21H25N3O3S/c1-3-23-12-4-5-17(23)14-22-21(25)16-8-11-20(19(13-16)24(26)27)28-18-9-6-15(2)7-10-18/h6-11,13,17H,3-5,12,14H2,1-2H3,(H,22,25)/t17-/m1/s1. The van der Waals surface area contributed by atoms with E-state index in [1.54, 1.807) is 12.1 Å². The third-order valence-electron chi connectivity index (χ3n) is 5.07. The van der Waals surface area contributed by atoms with Crippen LogP contribution < -0.4 is 5.32 Å². The average Bonchev–Trinajstić information content (AvgIpc) is 3.15. The summed E-state index contributed by atoms with van der Waals surface area (Å²) < 4.78 is 0. The van der Waals surface area contributed by atoms with E-state index < -0.39 is 4.92 Å². The SMILES string of the molecule is CCN1CCC[C@@H]1CNC(=O)c1ccc(Sc2ccc(C)cc2)c([N+](=O)[O-])c1. The number of aryl methyl sites for hydroxylation is 1. The summed E-state index contributed by atoms with van der Waals surface area (Å²) in [6.45, 7) is 6.72. The molecule has 1 atom stereocenters. The Labute approximate surface area is 169 Å². The van der Waals surface area contributed by atoms with Crippen LogP contribution >= 0.6 is 11.8 Å². The van der Waals surface area contributed by atoms with Crippen LogP contribution in [0.15, 0.2) is 52.3 Å². The van der Waals surface area contributed by atoms with E-state index in [4.69, 9.17) is 0 Å². The molecule has 0 unspecified atom stereocenters. The van der Waals surface area contributed by atoms with Gasteiger partial charge in [-0.15, -0.1) is 0 Å². The lowest BCUT2D eigenvalue weighted by Gasteiger charge is -2.22. The first-order valence-corrected chi connectivity index (χ1v) is 10.3. The van der Waals surface area contributed by atoms with Gasteiger partial charge < -0.3 is 5.32 Å². The summed E-state index contributed by atoms with van der Waals surface area (Å²) in [7, 11) is 0. The second-order valence-corrected chi connectivity index (χ2v) is 8.10. The Bertz CT molecular complexity index is 854. The van der Waals surface area contributed by atoms with Crippen LogP contribution in [0.25, 0.3) is 0 Å². The number of nitro groups is 1. The van der Waals surface area contributed by atoms with Crippen molar-refractivity contribution < 1.29 is 9.72 Å². The zero-order valence-electron chi connectivity index (χ0n) is 16.2. The number of amides is 1. The number of likely N-dealkylation sites (tertiary alicyclic amines) is 1. The zero-order chi connectivity index (χ0) is 20.1. The molecule has 1 fully saturated rings. The second-order valence-electron chi connectivity index (χ2n) is 6.99. The van der Waals surface area contributed by atoms with Gasteiger partial charge in [-0.1, -0.05) is 36.4 Å². The zero-order valence-corrected chi connectivity index (χ0v) is 17.0. The number of hydrogen-bond donors (Lipinski definition) is 1. The molecule has 6 nitrogen and oxygen atoms in total. The number of hydrogen-bond acceptors (Lipinski definition) is 5. The van der Waals surface area contributed by atoms with Crippen LogP contribution in [0.3, 0.4) is 0 Å². The summed E-state index contributed by atoms with van der Waals surface area (Å²) in [5, 5.41) is 14.5. The van der Waals surface area contributed by atoms with E-state index in [0.717, 1.165) is 36.4 Å². The van der Waals surface area contributed by atoms with Gasteiger partial charge in [0.15, 0.2) is 0 Å². The maximum Gasteiger partial charge on any atom is 0.284 e. The van der Waals surface area contributed by atoms with Crippen molar-refractivity contribution in [2.24, 2.45) is 0 Å². The highest BCUT2D eigenvalue weighted by Crippen LogP contribution is 2.35. The topological polar surface area (TPSA) is 75.5 Å². The van der Waals surface area contributed by atoms with Gasteiger partial charge in [-0.25, -0.2) is 0 Å². The molecule has 0 spiro atoms. The highest BCUT2D eigenvalue weighted by atomic mass is 32.2. The van der Waals surface area contributed by atoms with E-state index >= 15 is 0 Å². The van der Waals surface area contributed by atoms with E-state index in [9.17, 15) is 14.9 Å². The average molecular weight is 400 g/mol. The van der Waals surface area contributed by atoms with Crippen LogP contribution in [0.5, 0.6) is 0 Å². The Morgan fingerprint density at radius 1 is 1.29 bits per heavy atom. The minimum Gasteiger partial charge on any atom is -0.350 e. The van der Waals surface area contributed by atoms with Gasteiger partial charge in [-0.05, 0) is 57.1 Å². The van der Waals surface area contributed by atoms with Crippen molar-refractivity contribution in [1.82, 2.24) is 10.2 Å². The predicted molar refractivity (Wildman–Crippen MR) is 111 cm³/mol. The predicted octanol–water partition coefficient (Wildman–Crippen LogP) is 4.27. The van der Waals surface area contributed by atoms with Gasteiger partial charge in [0.2, 0.25) is 0 Å². The molecule has 2 aromatic carbocycles. The number of nitrogens with one attached hydrogen (secondary N) is 1. The molecule has 1 amide bonds. The molecule has 3 rings (SSSR count). The molecule has 28 heavy (non-hydrogen) atoms. The molecule has 1 aliphatic heterocycles. The molecule has 1 N–H and O–H groups in total. The van der Waals surface area contributed by atoms with Crippen molar-refractivity contribution in [1.29, 1.82) is 0 Å². The first-order chi connectivity index (χ1) is 13.5. The molecule has 7 heteroatoms. The van der Waals surface area contributed by atoms with Crippen LogP contribution in [0.2, 0.25) is 0 Å². The highest BCUT2D eigenvalue weighted by molar-refractivity contribution is 7.99. The van der Waals surface area contributed by atoms with Gasteiger partial charge in [0.05, 0.1) is 9.82 Å². The van der Waals surface area contributed by atoms with Crippen LogP contribution in [0.4, 0.5) is 5.69 Å². The van der Waals surface area contributed by atoms with Crippen molar-refractivity contribution >= 4 is 23.4 Å². The Balaban J connectivity index is 1.71. The van der Waals surface area contributed by atoms with Crippen LogP contribution in [-0.2, 0) is 0 Å². The lowest BCUT2D eigenvalue weighted by Crippen LogP contribution is -2.40. The van der Waals surface area contributed by atoms with Crippen molar-refractivity contribution in [2.45, 2.75) is 42.5 Å². The van der Waals surface area contributed by atoms with Gasteiger partial charge in [0, 0.05) is 29.1 Å². The van der Waals surface area contributed by atoms with Crippen LogP contribution in [0.1, 0.15) is 35.7 Å². The number of benzene rings is 2. The van der Waals surface area contributed by atoms with E-state index in [1.807, 2.05) is 31.2 Å². The fourth-order valence-electron chi connectivity index (χ4n) is 3.48. The maximum absolute atomic E-state index is 12.5. The molecule has 0 saturated carbocycles. The molecule has 0 aromatic heterocycles. The van der Waals surface area contributed by atoms with Crippen LogP contribution in [0, 0.1) is 17.0 Å². The first kappa shape index (κ1) is 20.4. The normalized spacial score (nSPS) is 16.9. The summed E-state index contributed by atoms with van der Waals surface area (Å²) in [6.07, 6.45) is 2.21. The molecular weight excluding hydrogens is 374 g/mol. The largest absolute Gasteiger partial charge is 0.350 e.